The van der Waals surface area contributed by atoms with Crippen molar-refractivity contribution in [3.63, 3.8) is 0 Å². The first kappa shape index (κ1) is 17.7. The number of fused-ring (bicyclic) bond motifs is 2. The minimum absolute atomic E-state index is 0.00368. The van der Waals surface area contributed by atoms with Crippen LogP contribution in [-0.2, 0) is 11.3 Å². The Morgan fingerprint density at radius 1 is 1.10 bits per heavy atom. The Hall–Kier alpha value is -3.35. The summed E-state index contributed by atoms with van der Waals surface area (Å²) in [5.41, 5.74) is 1.58. The van der Waals surface area contributed by atoms with Crippen LogP contribution >= 0.6 is 0 Å². The number of carbonyl (C=O) groups excluding carboxylic acids is 1. The third-order valence-electron chi connectivity index (χ3n) is 5.57. The molecule has 3 heterocycles. The lowest BCUT2D eigenvalue weighted by Gasteiger charge is -2.27. The summed E-state index contributed by atoms with van der Waals surface area (Å²) in [4.78, 5) is 27.1. The third kappa shape index (κ3) is 3.22. The zero-order chi connectivity index (χ0) is 19.8. The zero-order valence-electron chi connectivity index (χ0n) is 15.9. The van der Waals surface area contributed by atoms with E-state index >= 15 is 0 Å². The fourth-order valence-corrected chi connectivity index (χ4v) is 4.18. The average Bonchev–Trinajstić information content (AvgIpc) is 3.26. The molecular weight excluding hydrogens is 370 g/mol. The van der Waals surface area contributed by atoms with Crippen LogP contribution in [0, 0.1) is 0 Å². The average molecular weight is 391 g/mol. The number of aromatic nitrogens is 2. The van der Waals surface area contributed by atoms with E-state index in [1.54, 1.807) is 10.7 Å². The minimum atomic E-state index is -0.139. The van der Waals surface area contributed by atoms with E-state index in [1.165, 1.54) is 6.20 Å². The van der Waals surface area contributed by atoms with Gasteiger partial charge in [0.2, 0.25) is 11.3 Å². The SMILES string of the molecule is O=C(Cn1ncc(=O)c2ccccc21)N1CCC[C@H]1c1ccc2c(c1)OCCO2. The van der Waals surface area contributed by atoms with E-state index in [0.717, 1.165) is 29.9 Å². The van der Waals surface area contributed by atoms with Crippen molar-refractivity contribution in [3.8, 4) is 11.5 Å². The highest BCUT2D eigenvalue weighted by Gasteiger charge is 2.31. The van der Waals surface area contributed by atoms with Crippen molar-refractivity contribution in [2.75, 3.05) is 19.8 Å². The molecule has 1 saturated heterocycles. The molecule has 3 aromatic rings. The van der Waals surface area contributed by atoms with Crippen LogP contribution in [0.3, 0.4) is 0 Å². The second-order valence-electron chi connectivity index (χ2n) is 7.33. The lowest BCUT2D eigenvalue weighted by Crippen LogP contribution is -2.34. The molecule has 1 fully saturated rings. The number of benzene rings is 2. The quantitative estimate of drug-likeness (QED) is 0.686. The van der Waals surface area contributed by atoms with Gasteiger partial charge in [-0.25, -0.2) is 0 Å². The van der Waals surface area contributed by atoms with Crippen molar-refractivity contribution in [1.82, 2.24) is 14.7 Å². The van der Waals surface area contributed by atoms with Gasteiger partial charge in [-0.2, -0.15) is 5.10 Å². The van der Waals surface area contributed by atoms with E-state index in [2.05, 4.69) is 5.10 Å². The van der Waals surface area contributed by atoms with E-state index in [9.17, 15) is 9.59 Å². The molecule has 0 N–H and O–H groups in total. The number of carbonyl (C=O) groups is 1. The van der Waals surface area contributed by atoms with Gasteiger partial charge in [0.05, 0.1) is 17.8 Å². The molecule has 2 aliphatic heterocycles. The Kier molecular flexibility index (Phi) is 4.42. The third-order valence-corrected chi connectivity index (χ3v) is 5.57. The van der Waals surface area contributed by atoms with Gasteiger partial charge in [0.1, 0.15) is 19.8 Å². The van der Waals surface area contributed by atoms with Crippen molar-refractivity contribution in [3.05, 3.63) is 64.4 Å². The molecule has 29 heavy (non-hydrogen) atoms. The first-order valence-corrected chi connectivity index (χ1v) is 9.84. The number of para-hydroxylation sites is 1. The molecule has 0 spiro atoms. The van der Waals surface area contributed by atoms with Gasteiger partial charge >= 0.3 is 0 Å². The predicted octanol–water partition coefficient (Wildman–Crippen LogP) is 2.53. The molecule has 148 valence electrons. The highest BCUT2D eigenvalue weighted by molar-refractivity contribution is 5.82. The molecule has 0 unspecified atom stereocenters. The van der Waals surface area contributed by atoms with Crippen LogP contribution in [0.2, 0.25) is 0 Å². The maximum atomic E-state index is 13.1. The molecule has 0 aliphatic carbocycles. The standard InChI is InChI=1S/C22H21N3O4/c26-19-13-23-25(18-5-2-1-4-16(18)19)14-22(27)24-9-3-6-17(24)15-7-8-20-21(12-15)29-11-10-28-20/h1-2,4-5,7-8,12-13,17H,3,6,9-11,14H2/t17-/m0/s1. The largest absolute Gasteiger partial charge is 0.486 e. The molecule has 2 aromatic carbocycles. The normalized spacial score (nSPS) is 18.2. The molecular formula is C22H21N3O4. The van der Waals surface area contributed by atoms with Gasteiger partial charge in [0, 0.05) is 11.9 Å². The van der Waals surface area contributed by atoms with Gasteiger partial charge in [-0.3, -0.25) is 14.3 Å². The number of hydrogen-bond donors (Lipinski definition) is 0. The van der Waals surface area contributed by atoms with Crippen molar-refractivity contribution >= 4 is 16.8 Å². The Balaban J connectivity index is 1.41. The molecule has 0 bridgehead atoms. The molecule has 0 radical (unpaired) electrons. The van der Waals surface area contributed by atoms with Crippen LogP contribution in [-0.4, -0.2) is 40.3 Å². The van der Waals surface area contributed by atoms with Gasteiger partial charge in [0.15, 0.2) is 11.5 Å². The van der Waals surface area contributed by atoms with Gasteiger partial charge in [0.25, 0.3) is 0 Å². The van der Waals surface area contributed by atoms with Crippen molar-refractivity contribution in [2.24, 2.45) is 0 Å². The smallest absolute Gasteiger partial charge is 0.244 e. The number of rotatable bonds is 3. The molecule has 2 aliphatic rings. The van der Waals surface area contributed by atoms with Gasteiger partial charge in [-0.15, -0.1) is 0 Å². The van der Waals surface area contributed by atoms with E-state index < -0.39 is 0 Å². The summed E-state index contributed by atoms with van der Waals surface area (Å²) in [6.07, 6.45) is 3.13. The second-order valence-corrected chi connectivity index (χ2v) is 7.33. The summed E-state index contributed by atoms with van der Waals surface area (Å²) in [7, 11) is 0. The molecule has 1 amide bonds. The van der Waals surface area contributed by atoms with Crippen LogP contribution < -0.4 is 14.9 Å². The molecule has 5 rings (SSSR count). The Morgan fingerprint density at radius 2 is 1.93 bits per heavy atom. The topological polar surface area (TPSA) is 73.7 Å². The summed E-state index contributed by atoms with van der Waals surface area (Å²) < 4.78 is 12.9. The van der Waals surface area contributed by atoms with E-state index in [0.29, 0.717) is 30.7 Å². The fourth-order valence-electron chi connectivity index (χ4n) is 4.18. The summed E-state index contributed by atoms with van der Waals surface area (Å²) in [5, 5.41) is 4.76. The van der Waals surface area contributed by atoms with Crippen LogP contribution in [0.15, 0.2) is 53.5 Å². The Labute approximate surface area is 167 Å². The van der Waals surface area contributed by atoms with E-state index in [-0.39, 0.29) is 23.9 Å². The first-order chi connectivity index (χ1) is 14.2. The summed E-state index contributed by atoms with van der Waals surface area (Å²) in [6, 6.07) is 13.2. The fraction of sp³-hybridized carbons (Fsp3) is 0.318. The Morgan fingerprint density at radius 3 is 2.83 bits per heavy atom. The van der Waals surface area contributed by atoms with Crippen LogP contribution in [0.5, 0.6) is 11.5 Å². The maximum Gasteiger partial charge on any atom is 0.244 e. The van der Waals surface area contributed by atoms with E-state index in [1.807, 2.05) is 41.3 Å². The first-order valence-electron chi connectivity index (χ1n) is 9.84. The summed E-state index contributed by atoms with van der Waals surface area (Å²) >= 11 is 0. The van der Waals surface area contributed by atoms with Crippen molar-refractivity contribution < 1.29 is 14.3 Å². The molecule has 1 atom stereocenters. The number of hydrogen-bond acceptors (Lipinski definition) is 5. The number of likely N-dealkylation sites (tertiary alicyclic amines) is 1. The highest BCUT2D eigenvalue weighted by atomic mass is 16.6. The van der Waals surface area contributed by atoms with Gasteiger partial charge < -0.3 is 14.4 Å². The van der Waals surface area contributed by atoms with Gasteiger partial charge in [-0.1, -0.05) is 18.2 Å². The lowest BCUT2D eigenvalue weighted by molar-refractivity contribution is -0.132. The predicted molar refractivity (Wildman–Crippen MR) is 107 cm³/mol. The minimum Gasteiger partial charge on any atom is -0.486 e. The monoisotopic (exact) mass is 391 g/mol. The van der Waals surface area contributed by atoms with Crippen LogP contribution in [0.25, 0.3) is 10.9 Å². The van der Waals surface area contributed by atoms with Crippen LogP contribution in [0.1, 0.15) is 24.4 Å². The molecule has 7 heteroatoms. The summed E-state index contributed by atoms with van der Waals surface area (Å²) in [5.74, 6) is 1.48. The molecule has 1 aromatic heterocycles. The second kappa shape index (κ2) is 7.24. The summed E-state index contributed by atoms with van der Waals surface area (Å²) in [6.45, 7) is 1.90. The van der Waals surface area contributed by atoms with Crippen LogP contribution in [0.4, 0.5) is 0 Å². The lowest BCUT2D eigenvalue weighted by atomic mass is 10.0. The molecule has 0 saturated carbocycles. The molecule has 7 nitrogen and oxygen atoms in total. The maximum absolute atomic E-state index is 13.1. The van der Waals surface area contributed by atoms with Crippen molar-refractivity contribution in [2.45, 2.75) is 25.4 Å². The number of ether oxygens (including phenoxy) is 2. The van der Waals surface area contributed by atoms with E-state index in [4.69, 9.17) is 9.47 Å². The Bertz CT molecular complexity index is 1140. The zero-order valence-corrected chi connectivity index (χ0v) is 15.9. The highest BCUT2D eigenvalue weighted by Crippen LogP contribution is 2.38. The number of nitrogens with zero attached hydrogens (tertiary/aromatic N) is 3. The number of amides is 1. The van der Waals surface area contributed by atoms with Crippen molar-refractivity contribution in [1.29, 1.82) is 0 Å². The van der Waals surface area contributed by atoms with Gasteiger partial charge in [-0.05, 0) is 42.7 Å².